The second kappa shape index (κ2) is 5.68. The Bertz CT molecular complexity index is 403. The van der Waals surface area contributed by atoms with E-state index in [9.17, 15) is 0 Å². The van der Waals surface area contributed by atoms with Crippen LogP contribution < -0.4 is 5.73 Å². The summed E-state index contributed by atoms with van der Waals surface area (Å²) >= 11 is 0. The van der Waals surface area contributed by atoms with Gasteiger partial charge in [0, 0.05) is 6.04 Å². The largest absolute Gasteiger partial charge is 0.465 e. The van der Waals surface area contributed by atoms with Crippen molar-refractivity contribution in [2.24, 2.45) is 11.1 Å². The Balaban J connectivity index is 2.10. The summed E-state index contributed by atoms with van der Waals surface area (Å²) in [5, 5.41) is 0. The molecule has 1 fully saturated rings. The average molecular weight is 264 g/mol. The Hall–Kier alpha value is -0.800. The molecule has 108 valence electrons. The fourth-order valence-electron chi connectivity index (χ4n) is 3.08. The minimum Gasteiger partial charge on any atom is -0.465 e. The average Bonchev–Trinajstić information content (AvgIpc) is 2.78. The zero-order valence-corrected chi connectivity index (χ0v) is 12.8. The molecule has 3 heteroatoms. The van der Waals surface area contributed by atoms with Crippen molar-refractivity contribution in [3.8, 4) is 0 Å². The monoisotopic (exact) mass is 264 g/mol. The highest BCUT2D eigenvalue weighted by molar-refractivity contribution is 5.12. The lowest BCUT2D eigenvalue weighted by atomic mass is 9.77. The van der Waals surface area contributed by atoms with Crippen LogP contribution in [0.25, 0.3) is 0 Å². The molecule has 1 saturated heterocycles. The summed E-state index contributed by atoms with van der Waals surface area (Å²) in [4.78, 5) is 2.50. The first kappa shape index (κ1) is 14.6. The normalized spacial score (nSPS) is 23.2. The van der Waals surface area contributed by atoms with Gasteiger partial charge < -0.3 is 10.2 Å². The minimum atomic E-state index is 0.0940. The highest BCUT2D eigenvalue weighted by Crippen LogP contribution is 2.37. The first-order valence-corrected chi connectivity index (χ1v) is 7.51. The molecule has 1 aromatic rings. The molecular weight excluding hydrogens is 236 g/mol. The summed E-state index contributed by atoms with van der Waals surface area (Å²) in [5.41, 5.74) is 6.72. The van der Waals surface area contributed by atoms with Gasteiger partial charge in [-0.3, -0.25) is 4.90 Å². The molecule has 0 bridgehead atoms. The third-order valence-corrected chi connectivity index (χ3v) is 4.80. The van der Waals surface area contributed by atoms with E-state index < -0.39 is 0 Å². The van der Waals surface area contributed by atoms with E-state index in [-0.39, 0.29) is 12.1 Å². The number of rotatable bonds is 4. The fraction of sp³-hybridized carbons (Fsp3) is 0.750. The van der Waals surface area contributed by atoms with Crippen LogP contribution >= 0.6 is 0 Å². The lowest BCUT2D eigenvalue weighted by Crippen LogP contribution is -2.45. The molecule has 1 aromatic heterocycles. The van der Waals surface area contributed by atoms with E-state index in [0.29, 0.717) is 5.41 Å². The van der Waals surface area contributed by atoms with Crippen LogP contribution in [0.15, 0.2) is 16.5 Å². The lowest BCUT2D eigenvalue weighted by molar-refractivity contribution is 0.0630. The molecule has 0 spiro atoms. The van der Waals surface area contributed by atoms with E-state index in [0.717, 1.165) is 24.6 Å². The molecule has 2 rings (SSSR count). The van der Waals surface area contributed by atoms with Crippen molar-refractivity contribution in [1.82, 2.24) is 4.90 Å². The van der Waals surface area contributed by atoms with Crippen molar-refractivity contribution in [2.45, 2.75) is 59.0 Å². The maximum Gasteiger partial charge on any atom is 0.122 e. The van der Waals surface area contributed by atoms with Gasteiger partial charge >= 0.3 is 0 Å². The Labute approximate surface area is 117 Å². The van der Waals surface area contributed by atoms with Gasteiger partial charge in [-0.2, -0.15) is 0 Å². The van der Waals surface area contributed by atoms with Gasteiger partial charge in [0.15, 0.2) is 0 Å². The van der Waals surface area contributed by atoms with Crippen LogP contribution in [0.1, 0.15) is 57.6 Å². The predicted octanol–water partition coefficient (Wildman–Crippen LogP) is 3.49. The van der Waals surface area contributed by atoms with E-state index >= 15 is 0 Å². The van der Waals surface area contributed by atoms with Crippen LogP contribution in [-0.2, 0) is 0 Å². The number of aryl methyl sites for hydroxylation is 1. The van der Waals surface area contributed by atoms with Crippen LogP contribution in [-0.4, -0.2) is 24.0 Å². The fourth-order valence-corrected chi connectivity index (χ4v) is 3.08. The standard InChI is InChI=1S/C16H28N2O/c1-5-16(4)8-10-18(11-9-16)15(13(3)17)14-7-6-12(2)19-14/h6-7,13,15H,5,8-11,17H2,1-4H3. The quantitative estimate of drug-likeness (QED) is 0.905. The predicted molar refractivity (Wildman–Crippen MR) is 79.0 cm³/mol. The van der Waals surface area contributed by atoms with Gasteiger partial charge in [0.1, 0.15) is 11.5 Å². The molecule has 0 aromatic carbocycles. The summed E-state index contributed by atoms with van der Waals surface area (Å²) in [7, 11) is 0. The van der Waals surface area contributed by atoms with Gasteiger partial charge in [0.2, 0.25) is 0 Å². The van der Waals surface area contributed by atoms with Gasteiger partial charge in [0.25, 0.3) is 0 Å². The number of piperidine rings is 1. The molecule has 2 N–H and O–H groups in total. The highest BCUT2D eigenvalue weighted by Gasteiger charge is 2.34. The van der Waals surface area contributed by atoms with Gasteiger partial charge in [0.05, 0.1) is 6.04 Å². The van der Waals surface area contributed by atoms with Gasteiger partial charge in [-0.15, -0.1) is 0 Å². The number of hydrogen-bond acceptors (Lipinski definition) is 3. The molecule has 19 heavy (non-hydrogen) atoms. The summed E-state index contributed by atoms with van der Waals surface area (Å²) < 4.78 is 5.82. The first-order chi connectivity index (χ1) is 8.95. The highest BCUT2D eigenvalue weighted by atomic mass is 16.3. The molecule has 2 heterocycles. The Morgan fingerprint density at radius 3 is 2.42 bits per heavy atom. The van der Waals surface area contributed by atoms with Gasteiger partial charge in [-0.1, -0.05) is 20.3 Å². The number of furan rings is 1. The van der Waals surface area contributed by atoms with E-state index in [1.54, 1.807) is 0 Å². The molecule has 1 aliphatic heterocycles. The molecule has 2 atom stereocenters. The SMILES string of the molecule is CCC1(C)CCN(C(c2ccc(C)o2)C(C)N)CC1. The molecule has 0 radical (unpaired) electrons. The van der Waals surface area contributed by atoms with E-state index in [1.165, 1.54) is 19.3 Å². The minimum absolute atomic E-state index is 0.0940. The number of nitrogens with zero attached hydrogens (tertiary/aromatic N) is 1. The Kier molecular flexibility index (Phi) is 4.36. The van der Waals surface area contributed by atoms with Crippen molar-refractivity contribution in [3.63, 3.8) is 0 Å². The summed E-state index contributed by atoms with van der Waals surface area (Å²) in [6.07, 6.45) is 3.78. The van der Waals surface area contributed by atoms with E-state index in [1.807, 2.05) is 13.0 Å². The van der Waals surface area contributed by atoms with Crippen LogP contribution in [0, 0.1) is 12.3 Å². The topological polar surface area (TPSA) is 42.4 Å². The third-order valence-electron chi connectivity index (χ3n) is 4.80. The van der Waals surface area contributed by atoms with Gasteiger partial charge in [-0.05, 0) is 57.3 Å². The smallest absolute Gasteiger partial charge is 0.122 e. The van der Waals surface area contributed by atoms with Crippen LogP contribution in [0.2, 0.25) is 0 Å². The van der Waals surface area contributed by atoms with Crippen molar-refractivity contribution in [2.75, 3.05) is 13.1 Å². The van der Waals surface area contributed by atoms with Crippen molar-refractivity contribution in [1.29, 1.82) is 0 Å². The summed E-state index contributed by atoms with van der Waals surface area (Å²) in [6, 6.07) is 4.42. The zero-order valence-electron chi connectivity index (χ0n) is 12.8. The van der Waals surface area contributed by atoms with Crippen molar-refractivity contribution >= 4 is 0 Å². The maximum absolute atomic E-state index is 6.21. The number of nitrogens with two attached hydrogens (primary N) is 1. The number of likely N-dealkylation sites (tertiary alicyclic amines) is 1. The molecule has 0 saturated carbocycles. The molecular formula is C16H28N2O. The first-order valence-electron chi connectivity index (χ1n) is 7.51. The van der Waals surface area contributed by atoms with Gasteiger partial charge in [-0.25, -0.2) is 0 Å². The van der Waals surface area contributed by atoms with E-state index in [2.05, 4.69) is 31.7 Å². The molecule has 3 nitrogen and oxygen atoms in total. The summed E-state index contributed by atoms with van der Waals surface area (Å²) in [6.45, 7) is 11.0. The molecule has 1 aliphatic rings. The van der Waals surface area contributed by atoms with Crippen molar-refractivity contribution in [3.05, 3.63) is 23.7 Å². The lowest BCUT2D eigenvalue weighted by Gasteiger charge is -2.42. The molecule has 0 aliphatic carbocycles. The second-order valence-corrected chi connectivity index (χ2v) is 6.45. The molecule has 2 unspecified atom stereocenters. The van der Waals surface area contributed by atoms with Crippen LogP contribution in [0.3, 0.4) is 0 Å². The third kappa shape index (κ3) is 3.21. The second-order valence-electron chi connectivity index (χ2n) is 6.45. The van der Waals surface area contributed by atoms with Crippen LogP contribution in [0.5, 0.6) is 0 Å². The Morgan fingerprint density at radius 1 is 1.37 bits per heavy atom. The van der Waals surface area contributed by atoms with Crippen LogP contribution in [0.4, 0.5) is 0 Å². The van der Waals surface area contributed by atoms with E-state index in [4.69, 9.17) is 10.2 Å². The Morgan fingerprint density at radius 2 is 2.00 bits per heavy atom. The van der Waals surface area contributed by atoms with Crippen molar-refractivity contribution < 1.29 is 4.42 Å². The maximum atomic E-state index is 6.21. The molecule has 0 amide bonds. The number of hydrogen-bond donors (Lipinski definition) is 1. The summed E-state index contributed by atoms with van der Waals surface area (Å²) in [5.74, 6) is 1.99. The zero-order chi connectivity index (χ0) is 14.0.